The zero-order valence-electron chi connectivity index (χ0n) is 63.1. The molecule has 0 unspecified atom stereocenters. The fraction of sp³-hybridized carbons (Fsp3) is 0.680. The average Bonchev–Trinajstić information content (AvgIpc) is 0.918. The Balaban J connectivity index is 1.09. The number of hydrogen-bond donors (Lipinski definition) is 4. The molecule has 0 bridgehead atoms. The molecule has 5 aliphatic rings. The molecule has 3 heterocycles. The second-order valence-corrected chi connectivity index (χ2v) is 29.7. The Bertz CT molecular complexity index is 3450. The lowest BCUT2D eigenvalue weighted by Crippen LogP contribution is -2.65. The number of morpholine rings is 1. The predicted molar refractivity (Wildman–Crippen MR) is 378 cm³/mol. The van der Waals surface area contributed by atoms with Gasteiger partial charge in [0, 0.05) is 80.8 Å². The number of alkyl halides is 3. The number of aryl methyl sites for hydroxylation is 1. The molecule has 2 saturated carbocycles. The van der Waals surface area contributed by atoms with Crippen LogP contribution in [0, 0.1) is 35.2 Å². The van der Waals surface area contributed by atoms with Gasteiger partial charge in [-0.25, -0.2) is 13.2 Å². The number of rotatable bonds is 33. The second kappa shape index (κ2) is 37.9. The Hall–Kier alpha value is -8.38. The van der Waals surface area contributed by atoms with Crippen molar-refractivity contribution in [3.05, 3.63) is 70.5 Å². The highest BCUT2D eigenvalue weighted by Gasteiger charge is 2.49. The molecule has 3 aliphatic heterocycles. The molecule has 12 amide bonds. The third-order valence-corrected chi connectivity index (χ3v) is 21.9. The number of ether oxygens (including phenoxy) is 1. The van der Waals surface area contributed by atoms with Gasteiger partial charge < -0.3 is 65.2 Å². The summed E-state index contributed by atoms with van der Waals surface area (Å²) in [4.78, 5) is 184. The summed E-state index contributed by atoms with van der Waals surface area (Å²) in [5.74, 6) is -13.1. The quantitative estimate of drug-likeness (QED) is 0.0506. The van der Waals surface area contributed by atoms with E-state index in [1.165, 1.54) is 66.7 Å². The maximum atomic E-state index is 15.2. The number of halogens is 6. The van der Waals surface area contributed by atoms with E-state index < -0.39 is 173 Å². The molecule has 0 aromatic heterocycles. The summed E-state index contributed by atoms with van der Waals surface area (Å²) < 4.78 is 90.4. The molecule has 588 valence electrons. The number of nitrogens with one attached hydrogen (secondary N) is 4. The fourth-order valence-electron chi connectivity index (χ4n) is 15.0. The molecule has 2 aromatic rings. The van der Waals surface area contributed by atoms with Gasteiger partial charge in [-0.3, -0.25) is 57.5 Å². The van der Waals surface area contributed by atoms with Crippen molar-refractivity contribution in [2.24, 2.45) is 17.8 Å². The molecular weight excluding hydrogens is 1390 g/mol. The van der Waals surface area contributed by atoms with E-state index in [1.807, 2.05) is 13.8 Å². The lowest BCUT2D eigenvalue weighted by molar-refractivity contribution is -0.161. The first-order valence-corrected chi connectivity index (χ1v) is 37.3. The number of carbonyl (C=O) groups excluding carboxylic acids is 12. The van der Waals surface area contributed by atoms with E-state index in [0.717, 1.165) is 71.9 Å². The van der Waals surface area contributed by atoms with Crippen LogP contribution in [0.3, 0.4) is 0 Å². The summed E-state index contributed by atoms with van der Waals surface area (Å²) in [5.41, 5.74) is -2.16. The molecule has 9 atom stereocenters. The third-order valence-electron chi connectivity index (χ3n) is 21.9. The summed E-state index contributed by atoms with van der Waals surface area (Å²) in [6.45, 7) is 10.5. The van der Waals surface area contributed by atoms with Crippen LogP contribution >= 0.6 is 0 Å². The van der Waals surface area contributed by atoms with E-state index in [1.54, 1.807) is 25.7 Å². The van der Waals surface area contributed by atoms with Crippen molar-refractivity contribution >= 4 is 70.9 Å². The van der Waals surface area contributed by atoms with E-state index in [-0.39, 0.29) is 120 Å². The van der Waals surface area contributed by atoms with Gasteiger partial charge in [0.2, 0.25) is 70.9 Å². The summed E-state index contributed by atoms with van der Waals surface area (Å²) in [5, 5.41) is 11.0. The number of carbonyl (C=O) groups is 12. The molecular formula is C75H108F6N12O13. The maximum absolute atomic E-state index is 15.2. The minimum Gasteiger partial charge on any atom is -0.378 e. The minimum absolute atomic E-state index is 0.00980. The first kappa shape index (κ1) is 84.9. The number of hydrogen-bond acceptors (Lipinski definition) is 13. The van der Waals surface area contributed by atoms with Gasteiger partial charge in [0.05, 0.1) is 31.7 Å². The van der Waals surface area contributed by atoms with Crippen LogP contribution < -0.4 is 21.3 Å². The average molecular weight is 1500 g/mol. The summed E-state index contributed by atoms with van der Waals surface area (Å²) in [6, 6.07) is -5.03. The van der Waals surface area contributed by atoms with Crippen molar-refractivity contribution in [2.45, 2.75) is 224 Å². The molecule has 25 nitrogen and oxygen atoms in total. The summed E-state index contributed by atoms with van der Waals surface area (Å²) in [7, 11) is 6.97. The van der Waals surface area contributed by atoms with E-state index in [4.69, 9.17) is 4.74 Å². The van der Waals surface area contributed by atoms with E-state index in [2.05, 4.69) is 21.3 Å². The van der Waals surface area contributed by atoms with Gasteiger partial charge in [0.25, 0.3) is 0 Å². The van der Waals surface area contributed by atoms with Gasteiger partial charge in [-0.15, -0.1) is 0 Å². The molecule has 0 radical (unpaired) electrons. The number of likely N-dealkylation sites (tertiary alicyclic amines) is 2. The van der Waals surface area contributed by atoms with Gasteiger partial charge >= 0.3 is 6.18 Å². The molecule has 0 spiro atoms. The van der Waals surface area contributed by atoms with Gasteiger partial charge in [0.15, 0.2) is 17.5 Å². The molecule has 2 aromatic carbocycles. The fourth-order valence-corrected chi connectivity index (χ4v) is 15.0. The predicted octanol–water partition coefficient (Wildman–Crippen LogP) is 5.52. The summed E-state index contributed by atoms with van der Waals surface area (Å²) >= 11 is 0. The van der Waals surface area contributed by atoms with Crippen molar-refractivity contribution in [1.29, 1.82) is 0 Å². The lowest BCUT2D eigenvalue weighted by Gasteiger charge is -2.46. The Labute approximate surface area is 617 Å². The third kappa shape index (κ3) is 21.1. The van der Waals surface area contributed by atoms with Crippen molar-refractivity contribution in [2.75, 3.05) is 87.7 Å². The minimum atomic E-state index is -4.74. The largest absolute Gasteiger partial charge is 0.416 e. The van der Waals surface area contributed by atoms with E-state index in [9.17, 15) is 74.3 Å². The van der Waals surface area contributed by atoms with Gasteiger partial charge in [-0.2, -0.15) is 13.2 Å². The van der Waals surface area contributed by atoms with Crippen LogP contribution in [0.25, 0.3) is 0 Å². The Morgan fingerprint density at radius 1 is 0.670 bits per heavy atom. The normalized spacial score (nSPS) is 19.3. The maximum Gasteiger partial charge on any atom is 0.416 e. The van der Waals surface area contributed by atoms with Crippen LogP contribution in [0.4, 0.5) is 26.3 Å². The molecule has 3 saturated heterocycles. The number of nitrogens with zero attached hydrogens (tertiary/aromatic N) is 8. The van der Waals surface area contributed by atoms with Crippen LogP contribution in [-0.4, -0.2) is 252 Å². The number of amides is 12. The van der Waals surface area contributed by atoms with Crippen LogP contribution in [-0.2, 0) is 81.3 Å². The Morgan fingerprint density at radius 2 is 1.28 bits per heavy atom. The van der Waals surface area contributed by atoms with Crippen LogP contribution in [0.5, 0.6) is 0 Å². The lowest BCUT2D eigenvalue weighted by atomic mass is 9.94. The van der Waals surface area contributed by atoms with E-state index in [0.29, 0.717) is 38.5 Å². The van der Waals surface area contributed by atoms with Gasteiger partial charge in [0.1, 0.15) is 53.9 Å². The zero-order valence-corrected chi connectivity index (χ0v) is 63.1. The van der Waals surface area contributed by atoms with Crippen molar-refractivity contribution in [3.8, 4) is 0 Å². The topological polar surface area (TPSA) is 288 Å². The van der Waals surface area contributed by atoms with Gasteiger partial charge in [-0.05, 0) is 131 Å². The SMILES string of the molecule is CCCN(C(=O)[C@@H]1CCN1C(=O)[C@H](C)N(C)C(=O)[C@@H](NC(=O)[C@H](CC(C)C)N(C)C(=O)C[C@@H](C(=O)N1CCOCC1)N(C)C(=O)CC1CCCC1)[C@@H](C)CC)[C@@H](Cc1ccc(C(F)(F)F)cc1)C(=O)N(C)CC(=O)N[C@@H](CCc1cc(F)c(F)c(F)c1)C(=O)N1CCC[C@H]1C(=O)NC1(C(=O)NC)CCCC1. The highest BCUT2D eigenvalue weighted by molar-refractivity contribution is 6.00. The highest BCUT2D eigenvalue weighted by atomic mass is 19.4. The monoisotopic (exact) mass is 1500 g/mol. The van der Waals surface area contributed by atoms with Crippen LogP contribution in [0.1, 0.15) is 167 Å². The van der Waals surface area contributed by atoms with E-state index >= 15 is 9.59 Å². The van der Waals surface area contributed by atoms with Gasteiger partial charge in [-0.1, -0.05) is 78.9 Å². The standard InChI is InChI=1S/C75H108F6N12O13/c1-12-31-91(71(103)56-28-33-93(56)67(99)47(6)87(9)72(104)64(46(5)13-2)84-65(97)57(38-45(3)4)88(10)62(96)43-58(70(102)90-34-36-106-37-35-90)89(11)61(95)42-48-19-14-15-20-48)59(41-49-22-25-51(26-23-49)75(79,80)81)69(101)86(8)44-60(94)83-54(27-24-50-39-52(76)63(78)53(77)40-50)68(100)92-32-18-21-55(92)66(98)85-74(73(105)82-7)29-16-17-30-74/h22-23,25-26,39-40,45-48,54-59,64H,12-21,24,27-38,41-44H2,1-11H3,(H,82,105)(H,83,94)(H,84,97)(H,85,98)/t46-,47-,54-,55-,56-,57-,58-,59-,64-/m0/s1. The first-order valence-electron chi connectivity index (χ1n) is 37.3. The van der Waals surface area contributed by atoms with Crippen molar-refractivity contribution < 1.29 is 88.6 Å². The smallest absolute Gasteiger partial charge is 0.378 e. The highest BCUT2D eigenvalue weighted by Crippen LogP contribution is 2.34. The Kier molecular flexibility index (Phi) is 30.4. The molecule has 4 N–H and O–H groups in total. The first-order chi connectivity index (χ1) is 50.1. The molecule has 5 fully saturated rings. The molecule has 7 rings (SSSR count). The van der Waals surface area contributed by atoms with Crippen LogP contribution in [0.15, 0.2) is 36.4 Å². The Morgan fingerprint density at radius 3 is 1.85 bits per heavy atom. The van der Waals surface area contributed by atoms with Crippen LogP contribution in [0.2, 0.25) is 0 Å². The van der Waals surface area contributed by atoms with Crippen molar-refractivity contribution in [1.82, 2.24) is 60.5 Å². The molecule has 2 aliphatic carbocycles. The van der Waals surface area contributed by atoms with Crippen molar-refractivity contribution in [3.63, 3.8) is 0 Å². The summed E-state index contributed by atoms with van der Waals surface area (Å²) in [6.07, 6.45) is 1.01. The molecule has 106 heavy (non-hydrogen) atoms. The molecule has 31 heteroatoms. The number of likely N-dealkylation sites (N-methyl/N-ethyl adjacent to an activating group) is 5. The zero-order chi connectivity index (χ0) is 78.2. The second-order valence-electron chi connectivity index (χ2n) is 29.7. The number of benzene rings is 2.